The molecular formula is C20H13BrCl2O2. The van der Waals surface area contributed by atoms with Gasteiger partial charge in [-0.15, -0.1) is 5.73 Å². The molecule has 0 fully saturated rings. The van der Waals surface area contributed by atoms with Crippen LogP contribution in [0, 0.1) is 0 Å². The number of hydrogen-bond acceptors (Lipinski definition) is 2. The molecule has 0 atom stereocenters. The minimum absolute atomic E-state index is 0.136. The van der Waals surface area contributed by atoms with Gasteiger partial charge in [0.15, 0.2) is 5.78 Å². The van der Waals surface area contributed by atoms with Crippen molar-refractivity contribution in [3.8, 4) is 0 Å². The summed E-state index contributed by atoms with van der Waals surface area (Å²) in [5.41, 5.74) is 5.46. The Bertz CT molecular complexity index is 919. The van der Waals surface area contributed by atoms with Crippen LogP contribution >= 0.6 is 39.1 Å². The normalized spacial score (nSPS) is 18.2. The number of rotatable bonds is 3. The molecule has 0 aliphatic heterocycles. The molecule has 2 nitrogen and oxygen atoms in total. The minimum atomic E-state index is -0.136. The highest BCUT2D eigenvalue weighted by atomic mass is 79.9. The summed E-state index contributed by atoms with van der Waals surface area (Å²) in [6.07, 6.45) is 11.6. The van der Waals surface area contributed by atoms with Crippen LogP contribution in [0.4, 0.5) is 0 Å². The molecule has 0 amide bonds. The Labute approximate surface area is 164 Å². The van der Waals surface area contributed by atoms with Gasteiger partial charge < -0.3 is 4.74 Å². The van der Waals surface area contributed by atoms with E-state index in [0.717, 1.165) is 10.0 Å². The monoisotopic (exact) mass is 434 g/mol. The summed E-state index contributed by atoms with van der Waals surface area (Å²) in [6.45, 7) is 0. The highest BCUT2D eigenvalue weighted by Crippen LogP contribution is 2.42. The lowest BCUT2D eigenvalue weighted by molar-refractivity contribution is -0.110. The lowest BCUT2D eigenvalue weighted by atomic mass is 10.0. The quantitative estimate of drug-likeness (QED) is 0.416. The number of ketones is 1. The van der Waals surface area contributed by atoms with Gasteiger partial charge in [0.1, 0.15) is 5.76 Å². The van der Waals surface area contributed by atoms with E-state index in [2.05, 4.69) is 21.7 Å². The maximum atomic E-state index is 13.0. The van der Waals surface area contributed by atoms with Crippen molar-refractivity contribution >= 4 is 50.5 Å². The smallest absolute Gasteiger partial charge is 0.193 e. The van der Waals surface area contributed by atoms with Crippen molar-refractivity contribution in [2.75, 3.05) is 7.11 Å². The van der Waals surface area contributed by atoms with Crippen molar-refractivity contribution in [3.63, 3.8) is 0 Å². The third kappa shape index (κ3) is 3.75. The van der Waals surface area contributed by atoms with Gasteiger partial charge in [0.25, 0.3) is 0 Å². The zero-order valence-corrected chi connectivity index (χ0v) is 16.4. The molecule has 0 radical (unpaired) electrons. The van der Waals surface area contributed by atoms with Crippen LogP contribution in [0.2, 0.25) is 10.0 Å². The number of allylic oxidation sites excluding steroid dienone is 8. The Morgan fingerprint density at radius 2 is 1.92 bits per heavy atom. The fraction of sp³-hybridized carbons (Fsp3) is 0.100. The van der Waals surface area contributed by atoms with E-state index in [1.807, 2.05) is 30.4 Å². The largest absolute Gasteiger partial charge is 0.500 e. The molecule has 0 unspecified atom stereocenters. The Morgan fingerprint density at radius 1 is 1.20 bits per heavy atom. The van der Waals surface area contributed by atoms with Crippen molar-refractivity contribution < 1.29 is 9.53 Å². The molecule has 0 saturated heterocycles. The predicted octanol–water partition coefficient (Wildman–Crippen LogP) is 6.22. The number of carbonyl (C=O) groups is 1. The first kappa shape index (κ1) is 18.0. The summed E-state index contributed by atoms with van der Waals surface area (Å²) in [4.78, 5) is 13.0. The molecule has 0 saturated carbocycles. The first-order valence-electron chi connectivity index (χ1n) is 7.48. The zero-order chi connectivity index (χ0) is 18.0. The van der Waals surface area contributed by atoms with Crippen LogP contribution in [0.5, 0.6) is 0 Å². The second-order valence-corrected chi connectivity index (χ2v) is 7.16. The van der Waals surface area contributed by atoms with Crippen molar-refractivity contribution in [2.45, 2.75) is 6.42 Å². The second kappa shape index (κ2) is 7.63. The van der Waals surface area contributed by atoms with E-state index in [4.69, 9.17) is 27.9 Å². The van der Waals surface area contributed by atoms with Crippen LogP contribution in [0.25, 0.3) is 5.57 Å². The highest BCUT2D eigenvalue weighted by molar-refractivity contribution is 9.10. The Kier molecular flexibility index (Phi) is 5.51. The van der Waals surface area contributed by atoms with Gasteiger partial charge in [0.05, 0.1) is 22.7 Å². The number of methoxy groups -OCH3 is 1. The maximum absolute atomic E-state index is 13.0. The Morgan fingerprint density at radius 3 is 2.60 bits per heavy atom. The highest BCUT2D eigenvalue weighted by Gasteiger charge is 2.32. The standard InChI is InChI=1S/C20H13BrCl2O2/c1-25-17-9-13(8-12-6-4-2-3-5-7-12)20(24)19(17)18-15(22)10-14(21)11-16(18)23/h2-6,8,10-11H,9H2,1H3. The number of Topliss-reactive ketones (excluding diaryl/α,β-unsaturated/α-hetero) is 1. The van der Waals surface area contributed by atoms with E-state index in [1.165, 1.54) is 0 Å². The van der Waals surface area contributed by atoms with E-state index in [0.29, 0.717) is 38.9 Å². The lowest BCUT2D eigenvalue weighted by Gasteiger charge is -2.10. The average molecular weight is 436 g/mol. The molecule has 0 heterocycles. The van der Waals surface area contributed by atoms with Crippen LogP contribution in [0.15, 0.2) is 75.7 Å². The molecule has 0 aromatic heterocycles. The Hall–Kier alpha value is -1.77. The average Bonchev–Trinajstić information content (AvgIpc) is 2.74. The number of carbonyl (C=O) groups excluding carboxylic acids is 1. The summed E-state index contributed by atoms with van der Waals surface area (Å²) in [6, 6.07) is 3.42. The van der Waals surface area contributed by atoms with Gasteiger partial charge in [-0.2, -0.15) is 0 Å². The van der Waals surface area contributed by atoms with Crippen LogP contribution in [-0.2, 0) is 9.53 Å². The molecule has 25 heavy (non-hydrogen) atoms. The van der Waals surface area contributed by atoms with Gasteiger partial charge in [0, 0.05) is 27.6 Å². The predicted molar refractivity (Wildman–Crippen MR) is 106 cm³/mol. The summed E-state index contributed by atoms with van der Waals surface area (Å²) < 4.78 is 6.20. The van der Waals surface area contributed by atoms with Crippen LogP contribution in [-0.4, -0.2) is 12.9 Å². The molecule has 0 bridgehead atoms. The SMILES string of the molecule is COC1=C(c2c(Cl)cc(Br)cc2Cl)C(=O)C(=CC2=C=CC=CC=C2)C1. The van der Waals surface area contributed by atoms with Gasteiger partial charge in [-0.25, -0.2) is 0 Å². The van der Waals surface area contributed by atoms with E-state index >= 15 is 0 Å². The number of halogens is 3. The minimum Gasteiger partial charge on any atom is -0.500 e. The summed E-state index contributed by atoms with van der Waals surface area (Å²) in [5, 5.41) is 0.799. The molecule has 0 N–H and O–H groups in total. The number of hydrogen-bond donors (Lipinski definition) is 0. The second-order valence-electron chi connectivity index (χ2n) is 5.43. The molecule has 1 aromatic rings. The van der Waals surface area contributed by atoms with Crippen molar-refractivity contribution in [3.05, 3.63) is 91.3 Å². The summed E-state index contributed by atoms with van der Waals surface area (Å²) >= 11 is 16.0. The van der Waals surface area contributed by atoms with Crippen molar-refractivity contribution in [1.82, 2.24) is 0 Å². The van der Waals surface area contributed by atoms with Crippen LogP contribution in [0.1, 0.15) is 12.0 Å². The fourth-order valence-electron chi connectivity index (χ4n) is 2.70. The van der Waals surface area contributed by atoms with E-state index in [-0.39, 0.29) is 5.78 Å². The molecule has 5 heteroatoms. The Balaban J connectivity index is 2.07. The van der Waals surface area contributed by atoms with Gasteiger partial charge in [-0.1, -0.05) is 57.4 Å². The van der Waals surface area contributed by atoms with E-state index in [9.17, 15) is 4.79 Å². The summed E-state index contributed by atoms with van der Waals surface area (Å²) in [7, 11) is 1.54. The third-order valence-electron chi connectivity index (χ3n) is 3.83. The van der Waals surface area contributed by atoms with Gasteiger partial charge in [-0.05, 0) is 30.4 Å². The van der Waals surface area contributed by atoms with E-state index in [1.54, 1.807) is 25.3 Å². The van der Waals surface area contributed by atoms with E-state index < -0.39 is 0 Å². The third-order valence-corrected chi connectivity index (χ3v) is 4.88. The molecular weight excluding hydrogens is 423 g/mol. The maximum Gasteiger partial charge on any atom is 0.193 e. The topological polar surface area (TPSA) is 26.3 Å². The zero-order valence-electron chi connectivity index (χ0n) is 13.3. The van der Waals surface area contributed by atoms with Gasteiger partial charge >= 0.3 is 0 Å². The van der Waals surface area contributed by atoms with Crippen molar-refractivity contribution in [1.29, 1.82) is 0 Å². The number of ether oxygens (including phenoxy) is 1. The molecule has 2 aliphatic carbocycles. The summed E-state index contributed by atoms with van der Waals surface area (Å²) in [5.74, 6) is 0.422. The molecule has 3 rings (SSSR count). The number of benzene rings is 1. The van der Waals surface area contributed by atoms with Gasteiger partial charge in [-0.3, -0.25) is 4.79 Å². The molecule has 126 valence electrons. The van der Waals surface area contributed by atoms with Crippen LogP contribution < -0.4 is 0 Å². The fourth-order valence-corrected chi connectivity index (χ4v) is 4.10. The molecule has 0 spiro atoms. The van der Waals surface area contributed by atoms with Crippen molar-refractivity contribution in [2.24, 2.45) is 0 Å². The first-order chi connectivity index (χ1) is 12.0. The van der Waals surface area contributed by atoms with Crippen LogP contribution in [0.3, 0.4) is 0 Å². The molecule has 1 aromatic carbocycles. The molecule has 2 aliphatic rings. The lowest BCUT2D eigenvalue weighted by Crippen LogP contribution is -2.01. The van der Waals surface area contributed by atoms with Gasteiger partial charge in [0.2, 0.25) is 0 Å². The first-order valence-corrected chi connectivity index (χ1v) is 9.03.